The Balaban J connectivity index is 2.25. The maximum absolute atomic E-state index is 9.60. The molecule has 3 heteroatoms. The van der Waals surface area contributed by atoms with E-state index in [-0.39, 0.29) is 0 Å². The average Bonchev–Trinajstić information content (AvgIpc) is 2.62. The maximum atomic E-state index is 9.60. The van der Waals surface area contributed by atoms with Crippen LogP contribution in [0.2, 0.25) is 0 Å². The number of benzene rings is 1. The van der Waals surface area contributed by atoms with Crippen molar-refractivity contribution in [1.29, 1.82) is 0 Å². The van der Waals surface area contributed by atoms with Gasteiger partial charge in [0, 0.05) is 17.3 Å². The van der Waals surface area contributed by atoms with Gasteiger partial charge in [0.1, 0.15) is 11.8 Å². The summed E-state index contributed by atoms with van der Waals surface area (Å²) < 4.78 is 1.02. The van der Waals surface area contributed by atoms with Gasteiger partial charge < -0.3 is 14.6 Å². The summed E-state index contributed by atoms with van der Waals surface area (Å²) >= 11 is 0. The van der Waals surface area contributed by atoms with Crippen LogP contribution >= 0.6 is 0 Å². The Kier molecular flexibility index (Phi) is 2.05. The fourth-order valence-electron chi connectivity index (χ4n) is 2.83. The van der Waals surface area contributed by atoms with Gasteiger partial charge in [0.05, 0.1) is 26.3 Å². The van der Waals surface area contributed by atoms with Crippen molar-refractivity contribution >= 4 is 10.9 Å². The molecule has 0 fully saturated rings. The molecule has 1 aliphatic rings. The Labute approximate surface area is 101 Å². The van der Waals surface area contributed by atoms with Crippen molar-refractivity contribution in [2.24, 2.45) is 0 Å². The summed E-state index contributed by atoms with van der Waals surface area (Å²) in [6.07, 6.45) is 1.08. The van der Waals surface area contributed by atoms with E-state index < -0.39 is 0 Å². The van der Waals surface area contributed by atoms with Gasteiger partial charge in [-0.05, 0) is 30.7 Å². The number of hydrogen-bond donors (Lipinski definition) is 2. The highest BCUT2D eigenvalue weighted by Crippen LogP contribution is 2.37. The number of phenolic OH excluding ortho intramolecular Hbond substituents is 1. The lowest BCUT2D eigenvalue weighted by molar-refractivity contribution is -0.921. The Bertz CT molecular complexity index is 583. The third-order valence-electron chi connectivity index (χ3n) is 4.33. The second kappa shape index (κ2) is 3.26. The molecular weight excluding hydrogens is 212 g/mol. The molecule has 90 valence electrons. The highest BCUT2D eigenvalue weighted by atomic mass is 16.3. The fourth-order valence-corrected chi connectivity index (χ4v) is 2.83. The Morgan fingerprint density at radius 3 is 2.88 bits per heavy atom. The second-order valence-electron chi connectivity index (χ2n) is 5.68. The lowest BCUT2D eigenvalue weighted by Gasteiger charge is -2.39. The third kappa shape index (κ3) is 1.46. The zero-order valence-corrected chi connectivity index (χ0v) is 10.6. The zero-order chi connectivity index (χ0) is 12.2. The standard InChI is InChI=1S/C14H18N2O/c1-9-14-11(6-7-16(9,2)3)12-8-10(17)4-5-13(12)15-14/h4-5,8-9,15H,6-7H2,1-3H3/p+1. The molecule has 0 saturated heterocycles. The van der Waals surface area contributed by atoms with Crippen LogP contribution < -0.4 is 0 Å². The van der Waals surface area contributed by atoms with E-state index in [4.69, 9.17) is 0 Å². The quantitative estimate of drug-likeness (QED) is 0.672. The van der Waals surface area contributed by atoms with Crippen LogP contribution in [0.5, 0.6) is 5.75 Å². The van der Waals surface area contributed by atoms with Crippen molar-refractivity contribution in [3.05, 3.63) is 29.5 Å². The predicted molar refractivity (Wildman–Crippen MR) is 69.1 cm³/mol. The predicted octanol–water partition coefficient (Wildman–Crippen LogP) is 2.57. The van der Waals surface area contributed by atoms with Gasteiger partial charge in [-0.15, -0.1) is 0 Å². The summed E-state index contributed by atoms with van der Waals surface area (Å²) in [6, 6.07) is 6.07. The molecular formula is C14H19N2O+. The van der Waals surface area contributed by atoms with Crippen molar-refractivity contribution in [3.63, 3.8) is 0 Å². The zero-order valence-electron chi connectivity index (χ0n) is 10.6. The summed E-state index contributed by atoms with van der Waals surface area (Å²) in [4.78, 5) is 3.52. The third-order valence-corrected chi connectivity index (χ3v) is 4.33. The molecule has 1 aromatic heterocycles. The van der Waals surface area contributed by atoms with Gasteiger partial charge >= 0.3 is 0 Å². The van der Waals surface area contributed by atoms with Crippen molar-refractivity contribution < 1.29 is 9.59 Å². The van der Waals surface area contributed by atoms with Crippen molar-refractivity contribution in [2.75, 3.05) is 20.6 Å². The lowest BCUT2D eigenvalue weighted by Crippen LogP contribution is -2.46. The van der Waals surface area contributed by atoms with E-state index in [1.807, 2.05) is 12.1 Å². The largest absolute Gasteiger partial charge is 0.508 e. The summed E-state index contributed by atoms with van der Waals surface area (Å²) in [5.74, 6) is 0.353. The number of likely N-dealkylation sites (N-methyl/N-ethyl adjacent to an activating group) is 1. The lowest BCUT2D eigenvalue weighted by atomic mass is 9.97. The van der Waals surface area contributed by atoms with Crippen LogP contribution in [0.25, 0.3) is 10.9 Å². The molecule has 17 heavy (non-hydrogen) atoms. The Morgan fingerprint density at radius 1 is 1.35 bits per heavy atom. The molecule has 0 saturated carbocycles. The molecule has 0 radical (unpaired) electrons. The highest BCUT2D eigenvalue weighted by Gasteiger charge is 2.34. The number of aromatic hydroxyl groups is 1. The minimum atomic E-state index is 0.353. The van der Waals surface area contributed by atoms with Gasteiger partial charge in [0.2, 0.25) is 0 Å². The number of quaternary nitrogens is 1. The van der Waals surface area contributed by atoms with Crippen LogP contribution in [0.15, 0.2) is 18.2 Å². The van der Waals surface area contributed by atoms with E-state index >= 15 is 0 Å². The van der Waals surface area contributed by atoms with E-state index in [1.165, 1.54) is 16.6 Å². The number of aromatic amines is 1. The van der Waals surface area contributed by atoms with Gasteiger partial charge in [0.15, 0.2) is 0 Å². The number of rotatable bonds is 0. The molecule has 3 rings (SSSR count). The molecule has 1 aliphatic heterocycles. The molecule has 3 nitrogen and oxygen atoms in total. The first-order valence-electron chi connectivity index (χ1n) is 6.15. The second-order valence-corrected chi connectivity index (χ2v) is 5.68. The molecule has 2 aromatic rings. The van der Waals surface area contributed by atoms with Gasteiger partial charge in [-0.2, -0.15) is 0 Å². The van der Waals surface area contributed by atoms with Crippen molar-refractivity contribution in [2.45, 2.75) is 19.4 Å². The molecule has 0 amide bonds. The van der Waals surface area contributed by atoms with E-state index in [2.05, 4.69) is 26.0 Å². The smallest absolute Gasteiger partial charge is 0.127 e. The molecule has 1 atom stereocenters. The van der Waals surface area contributed by atoms with E-state index in [0.29, 0.717) is 11.8 Å². The van der Waals surface area contributed by atoms with E-state index in [1.54, 1.807) is 6.07 Å². The van der Waals surface area contributed by atoms with E-state index in [9.17, 15) is 5.11 Å². The first-order chi connectivity index (χ1) is 7.99. The van der Waals surface area contributed by atoms with Crippen LogP contribution in [-0.4, -0.2) is 35.2 Å². The summed E-state index contributed by atoms with van der Waals surface area (Å²) in [7, 11) is 4.55. The first-order valence-corrected chi connectivity index (χ1v) is 6.15. The summed E-state index contributed by atoms with van der Waals surface area (Å²) in [6.45, 7) is 3.42. The van der Waals surface area contributed by atoms with Crippen LogP contribution in [0, 0.1) is 0 Å². The van der Waals surface area contributed by atoms with Crippen LogP contribution in [0.3, 0.4) is 0 Å². The number of H-pyrrole nitrogens is 1. The van der Waals surface area contributed by atoms with Gasteiger partial charge in [0.25, 0.3) is 0 Å². The average molecular weight is 231 g/mol. The minimum absolute atomic E-state index is 0.353. The Hall–Kier alpha value is -1.48. The Morgan fingerprint density at radius 2 is 2.12 bits per heavy atom. The number of hydrogen-bond acceptors (Lipinski definition) is 1. The highest BCUT2D eigenvalue weighted by molar-refractivity contribution is 5.86. The SMILES string of the molecule is CC1c2[nH]c3ccc(O)cc3c2CC[N+]1(C)C. The number of nitrogens with zero attached hydrogens (tertiary/aromatic N) is 1. The number of nitrogens with one attached hydrogen (secondary N) is 1. The maximum Gasteiger partial charge on any atom is 0.127 e. The van der Waals surface area contributed by atoms with Gasteiger partial charge in [-0.25, -0.2) is 0 Å². The fraction of sp³-hybridized carbons (Fsp3) is 0.429. The van der Waals surface area contributed by atoms with Crippen LogP contribution in [-0.2, 0) is 6.42 Å². The molecule has 2 heterocycles. The number of phenols is 1. The topological polar surface area (TPSA) is 36.0 Å². The molecule has 2 N–H and O–H groups in total. The van der Waals surface area contributed by atoms with Crippen molar-refractivity contribution in [3.8, 4) is 5.75 Å². The van der Waals surface area contributed by atoms with Gasteiger partial charge in [-0.3, -0.25) is 0 Å². The summed E-state index contributed by atoms with van der Waals surface area (Å²) in [5, 5.41) is 10.8. The van der Waals surface area contributed by atoms with Crippen LogP contribution in [0.1, 0.15) is 24.2 Å². The molecule has 0 spiro atoms. The molecule has 1 aromatic carbocycles. The normalized spacial score (nSPS) is 22.6. The molecule has 0 aliphatic carbocycles. The monoisotopic (exact) mass is 231 g/mol. The van der Waals surface area contributed by atoms with Crippen LogP contribution in [0.4, 0.5) is 0 Å². The first kappa shape index (κ1) is 10.7. The van der Waals surface area contributed by atoms with Gasteiger partial charge in [-0.1, -0.05) is 0 Å². The molecule has 0 bridgehead atoms. The van der Waals surface area contributed by atoms with Crippen molar-refractivity contribution in [1.82, 2.24) is 4.98 Å². The number of fused-ring (bicyclic) bond motifs is 3. The minimum Gasteiger partial charge on any atom is -0.508 e. The molecule has 1 unspecified atom stereocenters. The number of aromatic nitrogens is 1. The summed E-state index contributed by atoms with van der Waals surface area (Å²) in [5.41, 5.74) is 3.87. The van der Waals surface area contributed by atoms with E-state index in [0.717, 1.165) is 23.0 Å².